The highest BCUT2D eigenvalue weighted by Crippen LogP contribution is 2.02. The first-order valence-corrected chi connectivity index (χ1v) is 3.07. The Hall–Kier alpha value is -0.700. The summed E-state index contributed by atoms with van der Waals surface area (Å²) in [6.45, 7) is 1.87. The summed E-state index contributed by atoms with van der Waals surface area (Å²) in [6, 6.07) is 0. The lowest BCUT2D eigenvalue weighted by Crippen LogP contribution is -1.69. The Morgan fingerprint density at radius 1 is 1.78 bits per heavy atom. The van der Waals surface area contributed by atoms with Crippen LogP contribution in [0.4, 0.5) is 0 Å². The Kier molecular flexibility index (Phi) is 1.95. The Balaban J connectivity index is 2.85. The van der Waals surface area contributed by atoms with Crippen LogP contribution in [0.1, 0.15) is 11.6 Å². The molecule has 48 valence electrons. The number of aromatic nitrogens is 1. The molecule has 2 nitrogen and oxygen atoms in total. The third-order valence-electron chi connectivity index (χ3n) is 0.854. The maximum atomic E-state index is 4.96. The molecule has 1 heterocycles. The van der Waals surface area contributed by atoms with Crippen molar-refractivity contribution in [1.29, 1.82) is 0 Å². The summed E-state index contributed by atoms with van der Waals surface area (Å²) in [5.41, 5.74) is 0.886. The molecule has 0 N–H and O–H groups in total. The predicted octanol–water partition coefficient (Wildman–Crippen LogP) is 1.88. The van der Waals surface area contributed by atoms with Crippen molar-refractivity contribution in [2.75, 3.05) is 0 Å². The average Bonchev–Trinajstić information content (AvgIpc) is 2.17. The lowest BCUT2D eigenvalue weighted by Gasteiger charge is -1.74. The molecular weight excluding hydrogens is 134 g/mol. The van der Waals surface area contributed by atoms with Crippen molar-refractivity contribution in [2.45, 2.75) is 6.92 Å². The number of rotatable bonds is 1. The van der Waals surface area contributed by atoms with E-state index in [4.69, 9.17) is 4.42 Å². The van der Waals surface area contributed by atoms with E-state index in [0.29, 0.717) is 5.89 Å². The number of thiol groups is 1. The van der Waals surface area contributed by atoms with Crippen molar-refractivity contribution in [3.05, 3.63) is 23.3 Å². The smallest absolute Gasteiger partial charge is 0.219 e. The molecule has 9 heavy (non-hydrogen) atoms. The van der Waals surface area contributed by atoms with Gasteiger partial charge in [0.2, 0.25) is 5.89 Å². The van der Waals surface area contributed by atoms with Crippen LogP contribution in [0, 0.1) is 6.92 Å². The predicted molar refractivity (Wildman–Crippen MR) is 39.3 cm³/mol. The standard InChI is InChI=1S/C6H7NOS/c1-5-4-8-6(7-5)2-3-9/h2-4,9H,1H3/b3-2+. The van der Waals surface area contributed by atoms with Gasteiger partial charge in [-0.3, -0.25) is 0 Å². The highest BCUT2D eigenvalue weighted by molar-refractivity contribution is 7.83. The van der Waals surface area contributed by atoms with E-state index in [2.05, 4.69) is 17.6 Å². The SMILES string of the molecule is Cc1coc(/C=C/S)n1. The van der Waals surface area contributed by atoms with Crippen molar-refractivity contribution in [3.63, 3.8) is 0 Å². The van der Waals surface area contributed by atoms with Crippen LogP contribution >= 0.6 is 12.6 Å². The second-order valence-corrected chi connectivity index (χ2v) is 1.94. The van der Waals surface area contributed by atoms with Gasteiger partial charge in [0, 0.05) is 6.08 Å². The van der Waals surface area contributed by atoms with Crippen LogP contribution in [0.25, 0.3) is 6.08 Å². The molecule has 3 heteroatoms. The molecule has 0 atom stereocenters. The second kappa shape index (κ2) is 2.73. The summed E-state index contributed by atoms with van der Waals surface area (Å²) in [4.78, 5) is 4.00. The fourth-order valence-electron chi connectivity index (χ4n) is 0.512. The molecule has 0 unspecified atom stereocenters. The fraction of sp³-hybridized carbons (Fsp3) is 0.167. The minimum absolute atomic E-state index is 0.600. The molecule has 0 aliphatic carbocycles. The molecule has 0 saturated carbocycles. The van der Waals surface area contributed by atoms with Gasteiger partial charge < -0.3 is 4.42 Å². The van der Waals surface area contributed by atoms with E-state index in [1.54, 1.807) is 17.7 Å². The van der Waals surface area contributed by atoms with Crippen molar-refractivity contribution >= 4 is 18.7 Å². The Morgan fingerprint density at radius 2 is 2.56 bits per heavy atom. The summed E-state index contributed by atoms with van der Waals surface area (Å²) in [6.07, 6.45) is 3.29. The van der Waals surface area contributed by atoms with Gasteiger partial charge in [-0.05, 0) is 12.3 Å². The van der Waals surface area contributed by atoms with Gasteiger partial charge >= 0.3 is 0 Å². The first kappa shape index (κ1) is 6.42. The van der Waals surface area contributed by atoms with Gasteiger partial charge in [-0.1, -0.05) is 0 Å². The zero-order chi connectivity index (χ0) is 6.69. The van der Waals surface area contributed by atoms with Crippen LogP contribution in [0.15, 0.2) is 16.1 Å². The molecule has 0 saturated heterocycles. The van der Waals surface area contributed by atoms with Crippen LogP contribution in [-0.2, 0) is 0 Å². The zero-order valence-electron chi connectivity index (χ0n) is 5.03. The zero-order valence-corrected chi connectivity index (χ0v) is 5.93. The lowest BCUT2D eigenvalue weighted by atomic mass is 10.6. The highest BCUT2D eigenvalue weighted by atomic mass is 32.1. The largest absolute Gasteiger partial charge is 0.445 e. The summed E-state index contributed by atoms with van der Waals surface area (Å²) in [5, 5.41) is 1.59. The van der Waals surface area contributed by atoms with Crippen LogP contribution in [-0.4, -0.2) is 4.98 Å². The van der Waals surface area contributed by atoms with E-state index in [1.807, 2.05) is 6.92 Å². The lowest BCUT2D eigenvalue weighted by molar-refractivity contribution is 0.546. The van der Waals surface area contributed by atoms with E-state index in [0.717, 1.165) is 5.69 Å². The number of oxazole rings is 1. The van der Waals surface area contributed by atoms with Crippen molar-refractivity contribution in [3.8, 4) is 0 Å². The van der Waals surface area contributed by atoms with Gasteiger partial charge in [-0.2, -0.15) is 12.6 Å². The van der Waals surface area contributed by atoms with Gasteiger partial charge in [0.1, 0.15) is 6.26 Å². The van der Waals surface area contributed by atoms with Crippen molar-refractivity contribution in [1.82, 2.24) is 4.98 Å². The second-order valence-electron chi connectivity index (χ2n) is 1.64. The third-order valence-corrected chi connectivity index (χ3v) is 1.00. The van der Waals surface area contributed by atoms with Gasteiger partial charge in [-0.25, -0.2) is 4.98 Å². The summed E-state index contributed by atoms with van der Waals surface area (Å²) in [5.74, 6) is 0.600. The van der Waals surface area contributed by atoms with Crippen molar-refractivity contribution < 1.29 is 4.42 Å². The molecule has 1 aromatic heterocycles. The number of nitrogens with zero attached hydrogens (tertiary/aromatic N) is 1. The van der Waals surface area contributed by atoms with Crippen LogP contribution < -0.4 is 0 Å². The monoisotopic (exact) mass is 141 g/mol. The molecule has 0 aromatic carbocycles. The fourth-order valence-corrected chi connectivity index (χ4v) is 0.640. The molecule has 0 amide bonds. The number of aryl methyl sites for hydroxylation is 1. The maximum absolute atomic E-state index is 4.96. The Bertz CT molecular complexity index is 217. The molecule has 0 spiro atoms. The maximum Gasteiger partial charge on any atom is 0.219 e. The van der Waals surface area contributed by atoms with Crippen LogP contribution in [0.3, 0.4) is 0 Å². The van der Waals surface area contributed by atoms with Gasteiger partial charge in [0.05, 0.1) is 5.69 Å². The van der Waals surface area contributed by atoms with Gasteiger partial charge in [-0.15, -0.1) is 0 Å². The summed E-state index contributed by atoms with van der Waals surface area (Å²) < 4.78 is 4.96. The highest BCUT2D eigenvalue weighted by Gasteiger charge is 1.91. The minimum Gasteiger partial charge on any atom is -0.445 e. The number of hydrogen-bond donors (Lipinski definition) is 1. The number of hydrogen-bond acceptors (Lipinski definition) is 3. The average molecular weight is 141 g/mol. The molecule has 0 radical (unpaired) electrons. The Labute approximate surface area is 59.0 Å². The molecular formula is C6H7NOS. The first-order valence-electron chi connectivity index (χ1n) is 2.56. The van der Waals surface area contributed by atoms with Gasteiger partial charge in [0.15, 0.2) is 0 Å². The molecule has 0 aliphatic rings. The molecule has 1 aromatic rings. The van der Waals surface area contributed by atoms with Crippen LogP contribution in [0.2, 0.25) is 0 Å². The van der Waals surface area contributed by atoms with Gasteiger partial charge in [0.25, 0.3) is 0 Å². The van der Waals surface area contributed by atoms with E-state index in [1.165, 1.54) is 0 Å². The first-order chi connectivity index (χ1) is 4.33. The minimum atomic E-state index is 0.600. The summed E-state index contributed by atoms with van der Waals surface area (Å²) in [7, 11) is 0. The molecule has 0 bridgehead atoms. The third kappa shape index (κ3) is 1.61. The van der Waals surface area contributed by atoms with Crippen LogP contribution in [0.5, 0.6) is 0 Å². The normalized spacial score (nSPS) is 10.9. The van der Waals surface area contributed by atoms with E-state index >= 15 is 0 Å². The molecule has 0 fully saturated rings. The molecule has 1 rings (SSSR count). The summed E-state index contributed by atoms with van der Waals surface area (Å²) >= 11 is 3.86. The van der Waals surface area contributed by atoms with E-state index in [9.17, 15) is 0 Å². The topological polar surface area (TPSA) is 26.0 Å². The van der Waals surface area contributed by atoms with E-state index in [-0.39, 0.29) is 0 Å². The Morgan fingerprint density at radius 3 is 3.00 bits per heavy atom. The van der Waals surface area contributed by atoms with E-state index < -0.39 is 0 Å². The molecule has 0 aliphatic heterocycles. The quantitative estimate of drug-likeness (QED) is 0.604. The van der Waals surface area contributed by atoms with Crippen molar-refractivity contribution in [2.24, 2.45) is 0 Å².